The second-order valence-corrected chi connectivity index (χ2v) is 7.33. The van der Waals surface area contributed by atoms with E-state index in [-0.39, 0.29) is 17.6 Å². The van der Waals surface area contributed by atoms with Crippen LogP contribution < -0.4 is 10.6 Å². The first-order valence-corrected chi connectivity index (χ1v) is 9.19. The van der Waals surface area contributed by atoms with Gasteiger partial charge in [-0.15, -0.1) is 0 Å². The van der Waals surface area contributed by atoms with Crippen molar-refractivity contribution in [3.8, 4) is 0 Å². The first-order valence-electron chi connectivity index (χ1n) is 9.19. The molecule has 140 valence electrons. The lowest BCUT2D eigenvalue weighted by Gasteiger charge is -2.23. The van der Waals surface area contributed by atoms with Crippen LogP contribution in [0.4, 0.5) is 5.69 Å². The normalized spacial score (nSPS) is 14.3. The molecule has 5 nitrogen and oxygen atoms in total. The fourth-order valence-electron chi connectivity index (χ4n) is 2.87. The summed E-state index contributed by atoms with van der Waals surface area (Å²) in [5.41, 5.74) is 1.36. The van der Waals surface area contributed by atoms with Gasteiger partial charge < -0.3 is 10.6 Å². The van der Waals surface area contributed by atoms with Gasteiger partial charge in [0.15, 0.2) is 5.78 Å². The van der Waals surface area contributed by atoms with Gasteiger partial charge in [0.05, 0.1) is 0 Å². The fraction of sp³-hybridized carbons (Fsp3) is 0.476. The Labute approximate surface area is 155 Å². The zero-order valence-corrected chi connectivity index (χ0v) is 15.9. The van der Waals surface area contributed by atoms with Gasteiger partial charge in [0, 0.05) is 17.8 Å². The van der Waals surface area contributed by atoms with E-state index in [0.29, 0.717) is 17.8 Å². The number of amides is 2. The van der Waals surface area contributed by atoms with Crippen LogP contribution in [-0.4, -0.2) is 24.1 Å². The molecule has 1 aromatic rings. The Morgan fingerprint density at radius 2 is 1.73 bits per heavy atom. The first kappa shape index (κ1) is 19.9. The molecule has 1 aliphatic rings. The summed E-state index contributed by atoms with van der Waals surface area (Å²) in [5.74, 6) is -0.690. The van der Waals surface area contributed by atoms with E-state index in [9.17, 15) is 14.4 Å². The number of carbonyl (C=O) groups is 3. The van der Waals surface area contributed by atoms with E-state index in [4.69, 9.17) is 0 Å². The monoisotopic (exact) mass is 356 g/mol. The molecule has 0 aromatic heterocycles. The van der Waals surface area contributed by atoms with Gasteiger partial charge in [0.25, 0.3) is 0 Å². The van der Waals surface area contributed by atoms with Crippen molar-refractivity contribution < 1.29 is 14.4 Å². The zero-order chi connectivity index (χ0) is 19.2. The van der Waals surface area contributed by atoms with Crippen LogP contribution in [0.15, 0.2) is 35.9 Å². The van der Waals surface area contributed by atoms with Gasteiger partial charge in [-0.2, -0.15) is 0 Å². The van der Waals surface area contributed by atoms with Gasteiger partial charge in [-0.25, -0.2) is 0 Å². The zero-order valence-electron chi connectivity index (χ0n) is 15.9. The van der Waals surface area contributed by atoms with Gasteiger partial charge in [0.2, 0.25) is 11.8 Å². The minimum Gasteiger partial charge on any atom is -0.355 e. The van der Waals surface area contributed by atoms with Crippen molar-refractivity contribution in [2.75, 3.05) is 11.9 Å². The Bertz CT molecular complexity index is 702. The van der Waals surface area contributed by atoms with Crippen molar-refractivity contribution in [1.82, 2.24) is 5.32 Å². The Morgan fingerprint density at radius 1 is 1.04 bits per heavy atom. The molecule has 1 aliphatic carbocycles. The molecular weight excluding hydrogens is 328 g/mol. The summed E-state index contributed by atoms with van der Waals surface area (Å²) < 4.78 is 0. The highest BCUT2D eigenvalue weighted by Crippen LogP contribution is 2.21. The van der Waals surface area contributed by atoms with Crippen LogP contribution in [0.2, 0.25) is 0 Å². The predicted molar refractivity (Wildman–Crippen MR) is 103 cm³/mol. The van der Waals surface area contributed by atoms with Crippen LogP contribution >= 0.6 is 0 Å². The van der Waals surface area contributed by atoms with Gasteiger partial charge >= 0.3 is 0 Å². The highest BCUT2D eigenvalue weighted by atomic mass is 16.2. The molecular formula is C21H28N2O3. The molecule has 26 heavy (non-hydrogen) atoms. The number of anilines is 1. The van der Waals surface area contributed by atoms with Gasteiger partial charge in [-0.1, -0.05) is 11.6 Å². The molecule has 0 fully saturated rings. The van der Waals surface area contributed by atoms with Crippen LogP contribution in [0.25, 0.3) is 0 Å². The molecule has 0 bridgehead atoms. The lowest BCUT2D eigenvalue weighted by atomic mass is 9.90. The first-order chi connectivity index (χ1) is 12.3. The summed E-state index contributed by atoms with van der Waals surface area (Å²) in [6, 6.07) is 6.64. The van der Waals surface area contributed by atoms with Gasteiger partial charge in [-0.3, -0.25) is 14.4 Å². The minimum absolute atomic E-state index is 0.0318. The Hall–Kier alpha value is -2.43. The topological polar surface area (TPSA) is 75.3 Å². The number of carbonyl (C=O) groups excluding carboxylic acids is 3. The number of benzene rings is 1. The van der Waals surface area contributed by atoms with E-state index in [0.717, 1.165) is 19.3 Å². The molecule has 0 unspecified atom stereocenters. The molecule has 0 saturated heterocycles. The van der Waals surface area contributed by atoms with E-state index in [2.05, 4.69) is 16.7 Å². The van der Waals surface area contributed by atoms with Crippen molar-refractivity contribution in [2.45, 2.75) is 52.9 Å². The largest absolute Gasteiger partial charge is 0.355 e. The number of rotatable bonds is 7. The van der Waals surface area contributed by atoms with Crippen molar-refractivity contribution in [3.63, 3.8) is 0 Å². The SMILES string of the molecule is CC(=O)c1ccc(NC(=O)C(C)(C)C(=O)NCCC2=CCCCC2)cc1. The van der Waals surface area contributed by atoms with E-state index < -0.39 is 5.41 Å². The summed E-state index contributed by atoms with van der Waals surface area (Å²) in [6.45, 7) is 5.27. The highest BCUT2D eigenvalue weighted by Gasteiger charge is 2.35. The summed E-state index contributed by atoms with van der Waals surface area (Å²) in [6.07, 6.45) is 7.80. The maximum atomic E-state index is 12.5. The summed E-state index contributed by atoms with van der Waals surface area (Å²) in [5, 5.41) is 5.62. The Kier molecular flexibility index (Phi) is 6.72. The molecule has 0 saturated carbocycles. The van der Waals surface area contributed by atoms with Crippen LogP contribution in [0.3, 0.4) is 0 Å². The van der Waals surface area contributed by atoms with E-state index in [1.165, 1.54) is 25.3 Å². The minimum atomic E-state index is -1.18. The van der Waals surface area contributed by atoms with Crippen molar-refractivity contribution >= 4 is 23.3 Å². The molecule has 2 N–H and O–H groups in total. The molecule has 0 radical (unpaired) electrons. The number of hydrogen-bond donors (Lipinski definition) is 2. The average molecular weight is 356 g/mol. The number of Topliss-reactive ketones (excluding diaryl/α,β-unsaturated/α-hetero) is 1. The van der Waals surface area contributed by atoms with E-state index in [1.807, 2.05) is 0 Å². The molecule has 1 aromatic carbocycles. The van der Waals surface area contributed by atoms with Crippen LogP contribution in [-0.2, 0) is 9.59 Å². The second-order valence-electron chi connectivity index (χ2n) is 7.33. The molecule has 0 atom stereocenters. The molecule has 5 heteroatoms. The van der Waals surface area contributed by atoms with E-state index in [1.54, 1.807) is 38.1 Å². The van der Waals surface area contributed by atoms with Crippen LogP contribution in [0, 0.1) is 5.41 Å². The van der Waals surface area contributed by atoms with Crippen molar-refractivity contribution in [3.05, 3.63) is 41.5 Å². The molecule has 0 spiro atoms. The summed E-state index contributed by atoms with van der Waals surface area (Å²) in [4.78, 5) is 36.3. The Morgan fingerprint density at radius 3 is 2.31 bits per heavy atom. The molecule has 2 amide bonds. The van der Waals surface area contributed by atoms with Gasteiger partial charge in [-0.05, 0) is 77.1 Å². The van der Waals surface area contributed by atoms with E-state index >= 15 is 0 Å². The smallest absolute Gasteiger partial charge is 0.239 e. The molecule has 0 aliphatic heterocycles. The number of ketones is 1. The Balaban J connectivity index is 1.87. The maximum absolute atomic E-state index is 12.5. The van der Waals surface area contributed by atoms with Crippen molar-refractivity contribution in [2.24, 2.45) is 5.41 Å². The van der Waals surface area contributed by atoms with Crippen molar-refractivity contribution in [1.29, 1.82) is 0 Å². The number of hydrogen-bond acceptors (Lipinski definition) is 3. The second kappa shape index (κ2) is 8.79. The number of allylic oxidation sites excluding steroid dienone is 1. The van der Waals surface area contributed by atoms with Crippen LogP contribution in [0.5, 0.6) is 0 Å². The lowest BCUT2D eigenvalue weighted by Crippen LogP contribution is -2.45. The standard InChI is InChI=1S/C21H28N2O3/c1-15(24)17-9-11-18(12-10-17)23-20(26)21(2,3)19(25)22-14-13-16-7-5-4-6-8-16/h7,9-12H,4-6,8,13-14H2,1-3H3,(H,22,25)(H,23,26). The molecule has 0 heterocycles. The third-order valence-electron chi connectivity index (χ3n) is 4.80. The summed E-state index contributed by atoms with van der Waals surface area (Å²) >= 11 is 0. The maximum Gasteiger partial charge on any atom is 0.239 e. The predicted octanol–water partition coefficient (Wildman–Crippen LogP) is 3.86. The summed E-state index contributed by atoms with van der Waals surface area (Å²) in [7, 11) is 0. The molecule has 2 rings (SSSR count). The van der Waals surface area contributed by atoms with Crippen LogP contribution in [0.1, 0.15) is 63.2 Å². The quantitative estimate of drug-likeness (QED) is 0.442. The fourth-order valence-corrected chi connectivity index (χ4v) is 2.87. The average Bonchev–Trinajstić information content (AvgIpc) is 2.62. The third kappa shape index (κ3) is 5.28. The highest BCUT2D eigenvalue weighted by molar-refractivity contribution is 6.10. The number of nitrogens with one attached hydrogen (secondary N) is 2. The van der Waals surface area contributed by atoms with Gasteiger partial charge in [0.1, 0.15) is 5.41 Å². The lowest BCUT2D eigenvalue weighted by molar-refractivity contribution is -0.138. The third-order valence-corrected chi connectivity index (χ3v) is 4.80.